The molecule has 1 aromatic carbocycles. The normalized spacial score (nSPS) is 16.9. The Hall–Kier alpha value is -2.70. The number of ether oxygens (including phenoxy) is 2. The maximum atomic E-state index is 12.2. The van der Waals surface area contributed by atoms with Crippen molar-refractivity contribution in [1.29, 1.82) is 0 Å². The molecule has 1 heterocycles. The van der Waals surface area contributed by atoms with Gasteiger partial charge in [-0.25, -0.2) is 4.79 Å². The van der Waals surface area contributed by atoms with Crippen LogP contribution in [0.25, 0.3) is 0 Å². The van der Waals surface area contributed by atoms with E-state index in [0.29, 0.717) is 0 Å². The highest BCUT2D eigenvalue weighted by Crippen LogP contribution is 2.32. The maximum absolute atomic E-state index is 12.2. The van der Waals surface area contributed by atoms with Gasteiger partial charge in [0.25, 0.3) is 5.91 Å². The van der Waals surface area contributed by atoms with Gasteiger partial charge in [-0.15, -0.1) is 0 Å². The maximum Gasteiger partial charge on any atom is 0.338 e. The van der Waals surface area contributed by atoms with E-state index >= 15 is 0 Å². The van der Waals surface area contributed by atoms with E-state index in [1.165, 1.54) is 25.3 Å². The fourth-order valence-corrected chi connectivity index (χ4v) is 2.57. The third kappa shape index (κ3) is 3.61. The van der Waals surface area contributed by atoms with Crippen LogP contribution >= 0.6 is 0 Å². The van der Waals surface area contributed by atoms with Crippen LogP contribution in [-0.2, 0) is 19.1 Å². The number of carbonyl (C=O) groups excluding carboxylic acids is 4. The van der Waals surface area contributed by atoms with Gasteiger partial charge in [0, 0.05) is 5.56 Å². The predicted octanol–water partition coefficient (Wildman–Crippen LogP) is 1.56. The molecule has 0 aliphatic carbocycles. The Morgan fingerprint density at radius 2 is 1.88 bits per heavy atom. The zero-order valence-electron chi connectivity index (χ0n) is 14.0. The summed E-state index contributed by atoms with van der Waals surface area (Å²) in [6.07, 6.45) is -0.280. The highest BCUT2D eigenvalue weighted by atomic mass is 16.6. The number of imide groups is 1. The highest BCUT2D eigenvalue weighted by molar-refractivity contribution is 6.14. The number of esters is 2. The van der Waals surface area contributed by atoms with Crippen molar-refractivity contribution in [3.8, 4) is 0 Å². The molecule has 1 aromatic rings. The summed E-state index contributed by atoms with van der Waals surface area (Å²) in [5.41, 5.74) is -0.246. The summed E-state index contributed by atoms with van der Waals surface area (Å²) in [6.45, 7) is 5.13. The number of hydrogen-bond donors (Lipinski definition) is 1. The van der Waals surface area contributed by atoms with E-state index < -0.39 is 35.3 Å². The summed E-state index contributed by atoms with van der Waals surface area (Å²) in [5.74, 6) is -3.52. The molecule has 0 radical (unpaired) electrons. The fraction of sp³-hybridized carbons (Fsp3) is 0.412. The van der Waals surface area contributed by atoms with Crippen LogP contribution in [0.4, 0.5) is 0 Å². The molecule has 0 saturated carbocycles. The Morgan fingerprint density at radius 3 is 2.46 bits per heavy atom. The molecule has 1 unspecified atom stereocenters. The Morgan fingerprint density at radius 1 is 1.21 bits per heavy atom. The molecule has 0 bridgehead atoms. The number of carbonyl (C=O) groups is 4. The number of methoxy groups -OCH3 is 1. The number of benzene rings is 1. The highest BCUT2D eigenvalue weighted by Gasteiger charge is 2.38. The van der Waals surface area contributed by atoms with E-state index in [2.05, 4.69) is 5.32 Å². The van der Waals surface area contributed by atoms with Crippen molar-refractivity contribution in [2.75, 3.05) is 7.11 Å². The Bertz CT molecular complexity index is 716. The standard InChI is InChI=1S/C17H19NO6/c1-17(2,3)24-12(19)8-11-13-9(14(20)18-15(11)21)6-5-7-10(13)16(22)23-4/h5-7,11H,8H2,1-4H3,(H,18,20,21). The van der Waals surface area contributed by atoms with Crippen LogP contribution < -0.4 is 5.32 Å². The van der Waals surface area contributed by atoms with E-state index in [4.69, 9.17) is 9.47 Å². The molecule has 1 N–H and O–H groups in total. The lowest BCUT2D eigenvalue weighted by Crippen LogP contribution is -2.42. The first-order valence-corrected chi connectivity index (χ1v) is 7.42. The van der Waals surface area contributed by atoms with Gasteiger partial charge in [0.1, 0.15) is 5.60 Å². The van der Waals surface area contributed by atoms with Crippen LogP contribution in [0.15, 0.2) is 18.2 Å². The van der Waals surface area contributed by atoms with Crippen LogP contribution in [0.2, 0.25) is 0 Å². The number of fused-ring (bicyclic) bond motifs is 1. The lowest BCUT2D eigenvalue weighted by Gasteiger charge is -2.27. The molecule has 1 aliphatic rings. The number of amides is 2. The third-order valence-electron chi connectivity index (χ3n) is 3.45. The Balaban J connectivity index is 2.46. The summed E-state index contributed by atoms with van der Waals surface area (Å²) in [7, 11) is 1.20. The van der Waals surface area contributed by atoms with E-state index in [0.717, 1.165) is 0 Å². The lowest BCUT2D eigenvalue weighted by atomic mass is 9.84. The summed E-state index contributed by atoms with van der Waals surface area (Å²) in [6, 6.07) is 4.47. The first kappa shape index (κ1) is 17.7. The van der Waals surface area contributed by atoms with E-state index in [9.17, 15) is 19.2 Å². The van der Waals surface area contributed by atoms with Gasteiger partial charge in [0.05, 0.1) is 25.0 Å². The van der Waals surface area contributed by atoms with Gasteiger partial charge in [-0.05, 0) is 38.5 Å². The van der Waals surface area contributed by atoms with Crippen molar-refractivity contribution in [2.24, 2.45) is 0 Å². The second-order valence-electron chi connectivity index (χ2n) is 6.42. The van der Waals surface area contributed by atoms with Crippen molar-refractivity contribution in [2.45, 2.75) is 38.7 Å². The largest absolute Gasteiger partial charge is 0.465 e. The summed E-state index contributed by atoms with van der Waals surface area (Å²) >= 11 is 0. The van der Waals surface area contributed by atoms with Crippen LogP contribution in [0.3, 0.4) is 0 Å². The summed E-state index contributed by atoms with van der Waals surface area (Å²) < 4.78 is 9.95. The van der Waals surface area contributed by atoms with Gasteiger partial charge in [0.2, 0.25) is 5.91 Å². The first-order valence-electron chi connectivity index (χ1n) is 7.42. The molecule has 0 saturated heterocycles. The van der Waals surface area contributed by atoms with Gasteiger partial charge in [-0.1, -0.05) is 6.07 Å². The van der Waals surface area contributed by atoms with Gasteiger partial charge >= 0.3 is 11.9 Å². The minimum absolute atomic E-state index is 0.0896. The van der Waals surface area contributed by atoms with Crippen LogP contribution in [0.1, 0.15) is 59.4 Å². The minimum atomic E-state index is -0.997. The fourth-order valence-electron chi connectivity index (χ4n) is 2.57. The molecule has 0 fully saturated rings. The van der Waals surface area contributed by atoms with E-state index in [-0.39, 0.29) is 23.1 Å². The van der Waals surface area contributed by atoms with Crippen molar-refractivity contribution >= 4 is 23.8 Å². The average molecular weight is 333 g/mol. The zero-order chi connectivity index (χ0) is 18.1. The molecule has 1 atom stereocenters. The van der Waals surface area contributed by atoms with Gasteiger partial charge < -0.3 is 9.47 Å². The van der Waals surface area contributed by atoms with Crippen molar-refractivity contribution in [3.63, 3.8) is 0 Å². The monoisotopic (exact) mass is 333 g/mol. The molecule has 2 rings (SSSR count). The third-order valence-corrected chi connectivity index (χ3v) is 3.45. The van der Waals surface area contributed by atoms with Crippen LogP contribution in [0.5, 0.6) is 0 Å². The number of hydrogen-bond acceptors (Lipinski definition) is 6. The quantitative estimate of drug-likeness (QED) is 0.666. The minimum Gasteiger partial charge on any atom is -0.465 e. The van der Waals surface area contributed by atoms with Crippen molar-refractivity contribution in [3.05, 3.63) is 34.9 Å². The first-order chi connectivity index (χ1) is 11.1. The Labute approximate surface area is 139 Å². The second kappa shape index (κ2) is 6.43. The molecular formula is C17H19NO6. The number of nitrogens with one attached hydrogen (secondary N) is 1. The predicted molar refractivity (Wildman–Crippen MR) is 83.5 cm³/mol. The molecular weight excluding hydrogens is 314 g/mol. The zero-order valence-corrected chi connectivity index (χ0v) is 14.0. The molecule has 24 heavy (non-hydrogen) atoms. The second-order valence-corrected chi connectivity index (χ2v) is 6.42. The average Bonchev–Trinajstić information content (AvgIpc) is 2.48. The van der Waals surface area contributed by atoms with E-state index in [1.54, 1.807) is 20.8 Å². The van der Waals surface area contributed by atoms with Gasteiger partial charge in [-0.3, -0.25) is 19.7 Å². The van der Waals surface area contributed by atoms with E-state index in [1.807, 2.05) is 0 Å². The van der Waals surface area contributed by atoms with Gasteiger partial charge in [-0.2, -0.15) is 0 Å². The smallest absolute Gasteiger partial charge is 0.338 e. The molecule has 0 spiro atoms. The van der Waals surface area contributed by atoms with Crippen LogP contribution in [-0.4, -0.2) is 36.5 Å². The SMILES string of the molecule is COC(=O)c1cccc2c1C(CC(=O)OC(C)(C)C)C(=O)NC2=O. The molecule has 7 nitrogen and oxygen atoms in total. The van der Waals surface area contributed by atoms with Gasteiger partial charge in [0.15, 0.2) is 0 Å². The number of rotatable bonds is 3. The summed E-state index contributed by atoms with van der Waals surface area (Å²) in [5, 5.41) is 2.20. The molecule has 1 aliphatic heterocycles. The summed E-state index contributed by atoms with van der Waals surface area (Å²) in [4.78, 5) is 48.3. The topological polar surface area (TPSA) is 98.8 Å². The molecule has 128 valence electrons. The van der Waals surface area contributed by atoms with Crippen molar-refractivity contribution in [1.82, 2.24) is 5.32 Å². The lowest BCUT2D eigenvalue weighted by molar-refractivity contribution is -0.156. The van der Waals surface area contributed by atoms with Crippen molar-refractivity contribution < 1.29 is 28.7 Å². The molecule has 7 heteroatoms. The molecule has 0 aromatic heterocycles. The Kier molecular flexibility index (Phi) is 4.73. The van der Waals surface area contributed by atoms with Crippen LogP contribution in [0, 0.1) is 0 Å². The molecule has 2 amide bonds.